The second kappa shape index (κ2) is 6.71. The fourth-order valence-electron chi connectivity index (χ4n) is 3.27. The summed E-state index contributed by atoms with van der Waals surface area (Å²) in [6.45, 7) is 8.89. The molecule has 0 heterocycles. The Morgan fingerprint density at radius 3 is 2.68 bits per heavy atom. The van der Waals surface area contributed by atoms with Gasteiger partial charge in [-0.15, -0.1) is 0 Å². The molecule has 0 saturated carbocycles. The highest BCUT2D eigenvalue weighted by atomic mass is 16.3. The van der Waals surface area contributed by atoms with E-state index in [9.17, 15) is 5.11 Å². The lowest BCUT2D eigenvalue weighted by molar-refractivity contribution is 0.0609. The molecule has 2 atom stereocenters. The molecule has 0 radical (unpaired) electrons. The zero-order valence-corrected chi connectivity index (χ0v) is 12.9. The molecule has 1 rings (SSSR count). The van der Waals surface area contributed by atoms with Crippen LogP contribution in [0.2, 0.25) is 0 Å². The average molecular weight is 266 g/mol. The van der Waals surface area contributed by atoms with Crippen LogP contribution in [0, 0.1) is 11.3 Å². The largest absolute Gasteiger partial charge is 0.392 e. The standard InChI is InChI=1S/C17H30O2/c1-5-17(19,11-7-13-18)12-9-15-14(2)8-6-10-16(15,3)4/h7-8,11,15,18-19H,5-6,9-10,12-13H2,1-4H3. The van der Waals surface area contributed by atoms with Crippen molar-refractivity contribution in [3.63, 3.8) is 0 Å². The van der Waals surface area contributed by atoms with Gasteiger partial charge < -0.3 is 10.2 Å². The van der Waals surface area contributed by atoms with Crippen molar-refractivity contribution in [3.05, 3.63) is 23.8 Å². The first-order valence-corrected chi connectivity index (χ1v) is 7.52. The van der Waals surface area contributed by atoms with Crippen molar-refractivity contribution in [1.82, 2.24) is 0 Å². The molecule has 2 nitrogen and oxygen atoms in total. The maximum Gasteiger partial charge on any atom is 0.0826 e. The topological polar surface area (TPSA) is 40.5 Å². The Morgan fingerprint density at radius 2 is 2.16 bits per heavy atom. The average Bonchev–Trinajstić information content (AvgIpc) is 2.35. The Bertz CT molecular complexity index is 341. The van der Waals surface area contributed by atoms with Crippen LogP contribution in [0.25, 0.3) is 0 Å². The molecular formula is C17H30O2. The number of allylic oxidation sites excluding steroid dienone is 2. The van der Waals surface area contributed by atoms with Gasteiger partial charge in [-0.25, -0.2) is 0 Å². The lowest BCUT2D eigenvalue weighted by atomic mass is 9.66. The van der Waals surface area contributed by atoms with E-state index in [1.165, 1.54) is 18.4 Å². The van der Waals surface area contributed by atoms with E-state index in [-0.39, 0.29) is 6.61 Å². The molecule has 1 aliphatic rings. The van der Waals surface area contributed by atoms with Gasteiger partial charge in [0.15, 0.2) is 0 Å². The SMILES string of the molecule is CCC(O)(C=CCO)CCC1C(C)=CCCC1(C)C. The molecule has 110 valence electrons. The maximum atomic E-state index is 10.5. The van der Waals surface area contributed by atoms with Crippen molar-refractivity contribution in [3.8, 4) is 0 Å². The third-order valence-electron chi connectivity index (χ3n) is 4.76. The first-order chi connectivity index (χ1) is 8.84. The van der Waals surface area contributed by atoms with E-state index in [0.717, 1.165) is 12.8 Å². The van der Waals surface area contributed by atoms with Crippen molar-refractivity contribution >= 4 is 0 Å². The molecule has 0 aliphatic heterocycles. The van der Waals surface area contributed by atoms with Crippen molar-refractivity contribution in [2.45, 2.75) is 65.4 Å². The van der Waals surface area contributed by atoms with Crippen molar-refractivity contribution in [2.75, 3.05) is 6.61 Å². The molecule has 0 aromatic carbocycles. The van der Waals surface area contributed by atoms with Gasteiger partial charge in [0, 0.05) is 0 Å². The minimum absolute atomic E-state index is 0.00381. The van der Waals surface area contributed by atoms with Crippen LogP contribution in [0.5, 0.6) is 0 Å². The molecule has 0 amide bonds. The third kappa shape index (κ3) is 4.47. The van der Waals surface area contributed by atoms with Crippen LogP contribution in [-0.2, 0) is 0 Å². The number of hydrogen-bond donors (Lipinski definition) is 2. The zero-order chi connectivity index (χ0) is 14.5. The summed E-state index contributed by atoms with van der Waals surface area (Å²) in [5, 5.41) is 19.4. The molecule has 2 unspecified atom stereocenters. The van der Waals surface area contributed by atoms with E-state index in [4.69, 9.17) is 5.11 Å². The van der Waals surface area contributed by atoms with E-state index >= 15 is 0 Å². The summed E-state index contributed by atoms with van der Waals surface area (Å²) >= 11 is 0. The molecule has 2 heteroatoms. The summed E-state index contributed by atoms with van der Waals surface area (Å²) < 4.78 is 0. The summed E-state index contributed by atoms with van der Waals surface area (Å²) in [5.41, 5.74) is 1.03. The minimum atomic E-state index is -0.767. The van der Waals surface area contributed by atoms with Gasteiger partial charge in [-0.05, 0) is 50.4 Å². The number of aliphatic hydroxyl groups is 2. The number of rotatable bonds is 6. The molecule has 0 aromatic heterocycles. The molecule has 19 heavy (non-hydrogen) atoms. The van der Waals surface area contributed by atoms with Crippen LogP contribution in [0.4, 0.5) is 0 Å². The van der Waals surface area contributed by atoms with Gasteiger partial charge in [0.25, 0.3) is 0 Å². The Labute approximate surface area is 118 Å². The minimum Gasteiger partial charge on any atom is -0.392 e. The first-order valence-electron chi connectivity index (χ1n) is 7.52. The lowest BCUT2D eigenvalue weighted by Gasteiger charge is -2.40. The quantitative estimate of drug-likeness (QED) is 0.717. The van der Waals surface area contributed by atoms with E-state index in [2.05, 4.69) is 26.8 Å². The fraction of sp³-hybridized carbons (Fsp3) is 0.765. The first kappa shape index (κ1) is 16.5. The molecule has 0 fully saturated rings. The van der Waals surface area contributed by atoms with E-state index in [0.29, 0.717) is 17.8 Å². The summed E-state index contributed by atoms with van der Waals surface area (Å²) in [6, 6.07) is 0. The molecular weight excluding hydrogens is 236 g/mol. The number of aliphatic hydroxyl groups excluding tert-OH is 1. The maximum absolute atomic E-state index is 10.5. The Balaban J connectivity index is 2.70. The van der Waals surface area contributed by atoms with Gasteiger partial charge in [0.05, 0.1) is 12.2 Å². The van der Waals surface area contributed by atoms with Crippen LogP contribution < -0.4 is 0 Å². The van der Waals surface area contributed by atoms with E-state index < -0.39 is 5.60 Å². The van der Waals surface area contributed by atoms with Gasteiger partial charge in [-0.2, -0.15) is 0 Å². The number of hydrogen-bond acceptors (Lipinski definition) is 2. The highest BCUT2D eigenvalue weighted by Crippen LogP contribution is 2.44. The second-order valence-electron chi connectivity index (χ2n) is 6.61. The zero-order valence-electron chi connectivity index (χ0n) is 12.9. The van der Waals surface area contributed by atoms with Crippen LogP contribution in [-0.4, -0.2) is 22.4 Å². The Morgan fingerprint density at radius 1 is 1.47 bits per heavy atom. The monoisotopic (exact) mass is 266 g/mol. The lowest BCUT2D eigenvalue weighted by Crippen LogP contribution is -2.32. The van der Waals surface area contributed by atoms with E-state index in [1.54, 1.807) is 12.2 Å². The summed E-state index contributed by atoms with van der Waals surface area (Å²) in [7, 11) is 0. The molecule has 0 saturated heterocycles. The second-order valence-corrected chi connectivity index (χ2v) is 6.61. The molecule has 1 aliphatic carbocycles. The van der Waals surface area contributed by atoms with Crippen LogP contribution in [0.15, 0.2) is 23.8 Å². The van der Waals surface area contributed by atoms with Crippen LogP contribution in [0.3, 0.4) is 0 Å². The predicted octanol–water partition coefficient (Wildman–Crippen LogP) is 3.84. The van der Waals surface area contributed by atoms with Gasteiger partial charge in [0.2, 0.25) is 0 Å². The van der Waals surface area contributed by atoms with Gasteiger partial charge >= 0.3 is 0 Å². The van der Waals surface area contributed by atoms with Crippen LogP contribution >= 0.6 is 0 Å². The smallest absolute Gasteiger partial charge is 0.0826 e. The summed E-state index contributed by atoms with van der Waals surface area (Å²) in [5.74, 6) is 0.557. The van der Waals surface area contributed by atoms with Crippen molar-refractivity contribution < 1.29 is 10.2 Å². The summed E-state index contributed by atoms with van der Waals surface area (Å²) in [4.78, 5) is 0. The third-order valence-corrected chi connectivity index (χ3v) is 4.76. The Kier molecular flexibility index (Phi) is 5.82. The van der Waals surface area contributed by atoms with Gasteiger partial charge in [-0.1, -0.05) is 44.6 Å². The van der Waals surface area contributed by atoms with Gasteiger partial charge in [0.1, 0.15) is 0 Å². The van der Waals surface area contributed by atoms with Gasteiger partial charge in [-0.3, -0.25) is 0 Å². The molecule has 0 bridgehead atoms. The fourth-order valence-corrected chi connectivity index (χ4v) is 3.27. The highest BCUT2D eigenvalue weighted by Gasteiger charge is 2.34. The molecule has 2 N–H and O–H groups in total. The Hall–Kier alpha value is -0.600. The van der Waals surface area contributed by atoms with Crippen LogP contribution in [0.1, 0.15) is 59.8 Å². The van der Waals surface area contributed by atoms with Crippen molar-refractivity contribution in [1.29, 1.82) is 0 Å². The molecule has 0 aromatic rings. The summed E-state index contributed by atoms with van der Waals surface area (Å²) in [6.07, 6.45) is 10.6. The predicted molar refractivity (Wildman–Crippen MR) is 81.0 cm³/mol. The highest BCUT2D eigenvalue weighted by molar-refractivity contribution is 5.13. The van der Waals surface area contributed by atoms with Crippen molar-refractivity contribution in [2.24, 2.45) is 11.3 Å². The molecule has 0 spiro atoms. The normalized spacial score (nSPS) is 26.2. The van der Waals surface area contributed by atoms with E-state index in [1.807, 2.05) is 6.92 Å².